The molecule has 190 valence electrons. The molecule has 3 heteroatoms. The van der Waals surface area contributed by atoms with E-state index in [9.17, 15) is 8.78 Å². The maximum atomic E-state index is 14.5. The summed E-state index contributed by atoms with van der Waals surface area (Å²) in [5, 5.41) is 0. The number of hydrogen-bond acceptors (Lipinski definition) is 1. The maximum absolute atomic E-state index is 14.5. The smallest absolute Gasteiger partial charge is 0.200 e. The van der Waals surface area contributed by atoms with Gasteiger partial charge in [0, 0.05) is 5.92 Å². The molecule has 1 aromatic rings. The molecule has 35 heavy (non-hydrogen) atoms. The lowest BCUT2D eigenvalue weighted by Gasteiger charge is -2.35. The van der Waals surface area contributed by atoms with Crippen LogP contribution in [0.5, 0.6) is 5.75 Å². The molecule has 3 unspecified atom stereocenters. The van der Waals surface area contributed by atoms with Gasteiger partial charge in [-0.15, -0.1) is 0 Å². The highest BCUT2D eigenvalue weighted by Crippen LogP contribution is 2.41. The van der Waals surface area contributed by atoms with Crippen molar-refractivity contribution in [3.8, 4) is 5.75 Å². The first-order valence-electron chi connectivity index (χ1n) is 13.9. The van der Waals surface area contributed by atoms with Gasteiger partial charge in [-0.2, -0.15) is 4.39 Å². The van der Waals surface area contributed by atoms with Crippen LogP contribution in [-0.2, 0) is 6.42 Å². The molecule has 1 saturated carbocycles. The molecule has 4 rings (SSSR count). The fourth-order valence-corrected chi connectivity index (χ4v) is 6.15. The van der Waals surface area contributed by atoms with Crippen LogP contribution in [0.2, 0.25) is 0 Å². The van der Waals surface area contributed by atoms with E-state index in [0.29, 0.717) is 30.4 Å². The quantitative estimate of drug-likeness (QED) is 0.320. The molecule has 0 N–H and O–H groups in total. The molecule has 1 aromatic carbocycles. The second-order valence-electron chi connectivity index (χ2n) is 10.7. The Balaban J connectivity index is 1.24. The van der Waals surface area contributed by atoms with E-state index in [1.807, 2.05) is 6.92 Å². The monoisotopic (exact) mass is 480 g/mol. The first-order chi connectivity index (χ1) is 17.1. The van der Waals surface area contributed by atoms with E-state index in [0.717, 1.165) is 37.0 Å². The zero-order chi connectivity index (χ0) is 24.6. The van der Waals surface area contributed by atoms with Crippen molar-refractivity contribution in [1.29, 1.82) is 0 Å². The molecule has 0 amide bonds. The second-order valence-corrected chi connectivity index (χ2v) is 10.7. The molecule has 3 aliphatic carbocycles. The minimum atomic E-state index is -0.856. The molecule has 0 spiro atoms. The molecule has 3 aliphatic rings. The van der Waals surface area contributed by atoms with E-state index >= 15 is 0 Å². The van der Waals surface area contributed by atoms with E-state index in [2.05, 4.69) is 49.5 Å². The number of ether oxygens (including phenoxy) is 1. The van der Waals surface area contributed by atoms with Gasteiger partial charge < -0.3 is 4.74 Å². The van der Waals surface area contributed by atoms with Gasteiger partial charge in [-0.25, -0.2) is 4.39 Å². The fourth-order valence-electron chi connectivity index (χ4n) is 6.15. The summed E-state index contributed by atoms with van der Waals surface area (Å²) in [6.07, 6.45) is 27.6. The summed E-state index contributed by atoms with van der Waals surface area (Å²) in [5.41, 5.74) is 1.87. The summed E-state index contributed by atoms with van der Waals surface area (Å²) < 4.78 is 34.0. The van der Waals surface area contributed by atoms with Crippen molar-refractivity contribution < 1.29 is 13.5 Å². The SMILES string of the molecule is C/C=C/C1CCC(C2C=CC(C3=CCC(CCc4ccc(OCCC)c(F)c4F)C=C3)CC2)CC1. The van der Waals surface area contributed by atoms with Crippen molar-refractivity contribution in [2.24, 2.45) is 29.6 Å². The minimum absolute atomic E-state index is 0.0161. The van der Waals surface area contributed by atoms with Crippen LogP contribution in [0, 0.1) is 41.2 Å². The predicted molar refractivity (Wildman–Crippen MR) is 141 cm³/mol. The van der Waals surface area contributed by atoms with E-state index in [1.165, 1.54) is 44.1 Å². The predicted octanol–water partition coefficient (Wildman–Crippen LogP) is 9.15. The van der Waals surface area contributed by atoms with Crippen molar-refractivity contribution in [1.82, 2.24) is 0 Å². The zero-order valence-electron chi connectivity index (χ0n) is 21.5. The number of benzene rings is 1. The Morgan fingerprint density at radius 3 is 2.46 bits per heavy atom. The molecule has 0 aromatic heterocycles. The Labute approximate surface area is 211 Å². The molecule has 0 heterocycles. The zero-order valence-corrected chi connectivity index (χ0v) is 21.5. The Kier molecular flexibility index (Phi) is 9.40. The van der Waals surface area contributed by atoms with Gasteiger partial charge in [-0.1, -0.05) is 55.5 Å². The minimum Gasteiger partial charge on any atom is -0.490 e. The Morgan fingerprint density at radius 1 is 0.971 bits per heavy atom. The fraction of sp³-hybridized carbons (Fsp3) is 0.562. The average Bonchev–Trinajstić information content (AvgIpc) is 2.90. The highest BCUT2D eigenvalue weighted by molar-refractivity contribution is 5.32. The van der Waals surface area contributed by atoms with E-state index < -0.39 is 11.6 Å². The van der Waals surface area contributed by atoms with E-state index in [1.54, 1.807) is 12.1 Å². The van der Waals surface area contributed by atoms with E-state index in [-0.39, 0.29) is 5.75 Å². The molecular formula is C32H42F2O. The van der Waals surface area contributed by atoms with Crippen LogP contribution in [0.15, 0.2) is 60.2 Å². The highest BCUT2D eigenvalue weighted by atomic mass is 19.2. The van der Waals surface area contributed by atoms with Gasteiger partial charge in [0.15, 0.2) is 11.6 Å². The molecule has 0 bridgehead atoms. The normalized spacial score (nSPS) is 28.9. The standard InChI is InChI=1S/C32H42F2O/c1-3-5-23-6-11-25(12-7-23)27-16-18-28(19-17-27)26-13-8-24(9-14-26)10-15-29-20-21-30(35-22-4-2)32(34)31(29)33/h3,5,8,13-14,16,18,20-21,23-25,27-28H,4,6-7,9-12,15,17,19,22H2,1-2H3/b5-3+. The van der Waals surface area contributed by atoms with Gasteiger partial charge in [-0.05, 0) is 112 Å². The first kappa shape index (κ1) is 25.9. The van der Waals surface area contributed by atoms with Crippen LogP contribution in [0.4, 0.5) is 8.78 Å². The van der Waals surface area contributed by atoms with Crippen LogP contribution >= 0.6 is 0 Å². The van der Waals surface area contributed by atoms with Crippen molar-refractivity contribution in [3.05, 3.63) is 77.4 Å². The summed E-state index contributed by atoms with van der Waals surface area (Å²) in [7, 11) is 0. The largest absolute Gasteiger partial charge is 0.490 e. The highest BCUT2D eigenvalue weighted by Gasteiger charge is 2.28. The van der Waals surface area contributed by atoms with Gasteiger partial charge >= 0.3 is 0 Å². The lowest BCUT2D eigenvalue weighted by Crippen LogP contribution is -2.23. The van der Waals surface area contributed by atoms with Gasteiger partial charge in [0.05, 0.1) is 6.61 Å². The molecule has 0 radical (unpaired) electrons. The van der Waals surface area contributed by atoms with Crippen LogP contribution in [-0.4, -0.2) is 6.61 Å². The van der Waals surface area contributed by atoms with Crippen molar-refractivity contribution in [2.75, 3.05) is 6.61 Å². The maximum Gasteiger partial charge on any atom is 0.200 e. The van der Waals surface area contributed by atoms with Crippen molar-refractivity contribution in [2.45, 2.75) is 78.1 Å². The van der Waals surface area contributed by atoms with Gasteiger partial charge in [0.25, 0.3) is 0 Å². The molecular weight excluding hydrogens is 438 g/mol. The molecule has 0 aliphatic heterocycles. The Hall–Kier alpha value is -2.16. The van der Waals surface area contributed by atoms with Crippen molar-refractivity contribution >= 4 is 0 Å². The first-order valence-corrected chi connectivity index (χ1v) is 13.9. The average molecular weight is 481 g/mol. The van der Waals surface area contributed by atoms with Crippen LogP contribution < -0.4 is 4.74 Å². The third-order valence-electron chi connectivity index (χ3n) is 8.31. The lowest BCUT2D eigenvalue weighted by molar-refractivity contribution is 0.235. The van der Waals surface area contributed by atoms with Crippen LogP contribution in [0.1, 0.15) is 77.2 Å². The number of aryl methyl sites for hydroxylation is 1. The molecule has 3 atom stereocenters. The Bertz CT molecular complexity index is 949. The molecule has 1 fully saturated rings. The summed E-state index contributed by atoms with van der Waals surface area (Å²) in [6, 6.07) is 3.24. The lowest BCUT2D eigenvalue weighted by atomic mass is 9.71. The second kappa shape index (κ2) is 12.7. The van der Waals surface area contributed by atoms with Crippen LogP contribution in [0.3, 0.4) is 0 Å². The topological polar surface area (TPSA) is 9.23 Å². The molecule has 1 nitrogen and oxygen atoms in total. The van der Waals surface area contributed by atoms with Gasteiger partial charge in [0.2, 0.25) is 5.82 Å². The summed E-state index contributed by atoms with van der Waals surface area (Å²) in [4.78, 5) is 0. The Morgan fingerprint density at radius 2 is 1.80 bits per heavy atom. The number of allylic oxidation sites excluding steroid dienone is 8. The number of rotatable bonds is 9. The summed E-state index contributed by atoms with van der Waals surface area (Å²) >= 11 is 0. The van der Waals surface area contributed by atoms with E-state index in [4.69, 9.17) is 4.74 Å². The van der Waals surface area contributed by atoms with Crippen molar-refractivity contribution in [3.63, 3.8) is 0 Å². The molecule has 0 saturated heterocycles. The summed E-state index contributed by atoms with van der Waals surface area (Å²) in [5.74, 6) is 1.74. The third kappa shape index (κ3) is 6.74. The summed E-state index contributed by atoms with van der Waals surface area (Å²) in [6.45, 7) is 4.47. The van der Waals surface area contributed by atoms with Gasteiger partial charge in [0.1, 0.15) is 0 Å². The number of hydrogen-bond donors (Lipinski definition) is 0. The number of halogens is 2. The van der Waals surface area contributed by atoms with Gasteiger partial charge in [-0.3, -0.25) is 0 Å². The van der Waals surface area contributed by atoms with Crippen LogP contribution in [0.25, 0.3) is 0 Å². The third-order valence-corrected chi connectivity index (χ3v) is 8.31.